The van der Waals surface area contributed by atoms with E-state index in [9.17, 15) is 4.79 Å². The second-order valence-electron chi connectivity index (χ2n) is 8.06. The average Bonchev–Trinajstić information content (AvgIpc) is 2.55. The van der Waals surface area contributed by atoms with Crippen LogP contribution >= 0.6 is 0 Å². The van der Waals surface area contributed by atoms with Gasteiger partial charge in [0.2, 0.25) is 5.91 Å². The fraction of sp³-hybridized carbons (Fsp3) is 0.632. The van der Waals surface area contributed by atoms with Gasteiger partial charge in [-0.3, -0.25) is 10.2 Å². The van der Waals surface area contributed by atoms with E-state index in [2.05, 4.69) is 45.0 Å². The lowest BCUT2D eigenvalue weighted by atomic mass is 9.73. The van der Waals surface area contributed by atoms with E-state index in [0.29, 0.717) is 0 Å². The number of nitrogens with two attached hydrogens (primary N) is 1. The molecule has 0 bridgehead atoms. The number of rotatable bonds is 5. The molecule has 0 spiro atoms. The van der Waals surface area contributed by atoms with Crippen molar-refractivity contribution in [2.24, 2.45) is 17.7 Å². The molecule has 0 unspecified atom stereocenters. The predicted molar refractivity (Wildman–Crippen MR) is 103 cm³/mol. The molecule has 0 saturated carbocycles. The number of ether oxygens (including phenoxy) is 1. The Bertz CT molecular complexity index is 655. The minimum absolute atomic E-state index is 0.100. The summed E-state index contributed by atoms with van der Waals surface area (Å²) >= 11 is 0. The second-order valence-corrected chi connectivity index (χ2v) is 12.5. The van der Waals surface area contributed by atoms with Crippen LogP contribution in [0.4, 0.5) is 0 Å². The summed E-state index contributed by atoms with van der Waals surface area (Å²) in [4.78, 5) is 12.2. The third-order valence-electron chi connectivity index (χ3n) is 5.22. The molecule has 0 heterocycles. The van der Waals surface area contributed by atoms with Crippen LogP contribution in [0.1, 0.15) is 41.7 Å². The number of fused-ring (bicyclic) bond motifs is 1. The molecule has 0 fully saturated rings. The average molecular weight is 365 g/mol. The second kappa shape index (κ2) is 7.48. The van der Waals surface area contributed by atoms with Gasteiger partial charge in [-0.1, -0.05) is 6.92 Å². The van der Waals surface area contributed by atoms with Crippen molar-refractivity contribution < 1.29 is 14.0 Å². The summed E-state index contributed by atoms with van der Waals surface area (Å²) < 4.78 is 12.2. The lowest BCUT2D eigenvalue weighted by Gasteiger charge is -2.41. The smallest absolute Gasteiger partial charge is 0.237 e. The van der Waals surface area contributed by atoms with Crippen molar-refractivity contribution in [1.82, 2.24) is 5.43 Å². The Labute approximate surface area is 152 Å². The Morgan fingerprint density at radius 1 is 1.36 bits per heavy atom. The summed E-state index contributed by atoms with van der Waals surface area (Å²) in [6.07, 6.45) is 1.77. The number of benzene rings is 1. The molecular formula is C19H32N2O3Si. The SMILES string of the molecule is COc1cc(C)c2c(c1C)[C@H](O[Si](C)(C)C)[C@H]([C@H](C)C(=O)NN)CC2. The molecule has 1 aromatic rings. The monoisotopic (exact) mass is 364 g/mol. The van der Waals surface area contributed by atoms with Gasteiger partial charge in [0.15, 0.2) is 8.32 Å². The van der Waals surface area contributed by atoms with Crippen molar-refractivity contribution >= 4 is 14.2 Å². The Hall–Kier alpha value is -1.37. The maximum atomic E-state index is 12.2. The van der Waals surface area contributed by atoms with E-state index in [1.165, 1.54) is 16.7 Å². The molecule has 6 heteroatoms. The highest BCUT2D eigenvalue weighted by atomic mass is 28.4. The maximum absolute atomic E-state index is 12.2. The normalized spacial score (nSPS) is 21.4. The van der Waals surface area contributed by atoms with E-state index in [4.69, 9.17) is 15.0 Å². The van der Waals surface area contributed by atoms with Gasteiger partial charge in [-0.05, 0) is 80.6 Å². The summed E-state index contributed by atoms with van der Waals surface area (Å²) in [5, 5.41) is 0. The third-order valence-corrected chi connectivity index (χ3v) is 6.18. The van der Waals surface area contributed by atoms with Gasteiger partial charge < -0.3 is 9.16 Å². The van der Waals surface area contributed by atoms with Gasteiger partial charge in [-0.15, -0.1) is 0 Å². The number of carbonyl (C=O) groups is 1. The summed E-state index contributed by atoms with van der Waals surface area (Å²) in [5.74, 6) is 6.05. The Balaban J connectivity index is 2.59. The number of hydrazine groups is 1. The van der Waals surface area contributed by atoms with Crippen LogP contribution in [0.3, 0.4) is 0 Å². The van der Waals surface area contributed by atoms with Crippen LogP contribution in [0.25, 0.3) is 0 Å². The van der Waals surface area contributed by atoms with E-state index in [0.717, 1.165) is 24.2 Å². The predicted octanol–water partition coefficient (Wildman–Crippen LogP) is 3.39. The number of nitrogens with one attached hydrogen (secondary N) is 1. The zero-order valence-corrected chi connectivity index (χ0v) is 17.5. The van der Waals surface area contributed by atoms with Crippen molar-refractivity contribution in [3.63, 3.8) is 0 Å². The summed E-state index contributed by atoms with van der Waals surface area (Å²) in [6, 6.07) is 2.11. The number of carbonyl (C=O) groups excluding carboxylic acids is 1. The molecule has 3 atom stereocenters. The summed E-state index contributed by atoms with van der Waals surface area (Å²) in [6.45, 7) is 12.7. The molecule has 2 rings (SSSR count). The first-order valence-electron chi connectivity index (χ1n) is 8.96. The highest BCUT2D eigenvalue weighted by Gasteiger charge is 2.40. The molecule has 0 aromatic heterocycles. The molecule has 5 nitrogen and oxygen atoms in total. The molecule has 1 aliphatic rings. The van der Waals surface area contributed by atoms with E-state index in [1.54, 1.807) is 7.11 Å². The topological polar surface area (TPSA) is 73.6 Å². The van der Waals surface area contributed by atoms with Crippen molar-refractivity contribution in [3.05, 3.63) is 28.3 Å². The Morgan fingerprint density at radius 3 is 2.52 bits per heavy atom. The lowest BCUT2D eigenvalue weighted by Crippen LogP contribution is -2.43. The van der Waals surface area contributed by atoms with Crippen LogP contribution in [-0.2, 0) is 15.6 Å². The van der Waals surface area contributed by atoms with Gasteiger partial charge in [0.05, 0.1) is 13.2 Å². The molecular weight excluding hydrogens is 332 g/mol. The molecule has 1 amide bonds. The van der Waals surface area contributed by atoms with Crippen LogP contribution in [0, 0.1) is 25.7 Å². The van der Waals surface area contributed by atoms with E-state index in [1.807, 2.05) is 6.92 Å². The van der Waals surface area contributed by atoms with Gasteiger partial charge >= 0.3 is 0 Å². The minimum Gasteiger partial charge on any atom is -0.496 e. The fourth-order valence-electron chi connectivity index (χ4n) is 3.93. The van der Waals surface area contributed by atoms with Crippen LogP contribution in [0.2, 0.25) is 19.6 Å². The van der Waals surface area contributed by atoms with Crippen LogP contribution in [-0.4, -0.2) is 21.3 Å². The number of amides is 1. The first-order chi connectivity index (χ1) is 11.6. The van der Waals surface area contributed by atoms with Crippen molar-refractivity contribution in [1.29, 1.82) is 0 Å². The van der Waals surface area contributed by atoms with Gasteiger partial charge in [0.1, 0.15) is 5.75 Å². The van der Waals surface area contributed by atoms with Crippen LogP contribution < -0.4 is 16.0 Å². The molecule has 140 valence electrons. The number of hydrogen-bond donors (Lipinski definition) is 2. The molecule has 3 N–H and O–H groups in total. The highest BCUT2D eigenvalue weighted by Crippen LogP contribution is 2.46. The molecule has 0 aliphatic heterocycles. The van der Waals surface area contributed by atoms with E-state index < -0.39 is 8.32 Å². The minimum atomic E-state index is -1.82. The first kappa shape index (κ1) is 19.9. The quantitative estimate of drug-likeness (QED) is 0.363. The number of aryl methyl sites for hydroxylation is 1. The largest absolute Gasteiger partial charge is 0.496 e. The Kier molecular flexibility index (Phi) is 5.96. The highest BCUT2D eigenvalue weighted by molar-refractivity contribution is 6.69. The molecule has 0 saturated heterocycles. The lowest BCUT2D eigenvalue weighted by molar-refractivity contribution is -0.128. The van der Waals surface area contributed by atoms with E-state index in [-0.39, 0.29) is 23.8 Å². The molecule has 1 aliphatic carbocycles. The summed E-state index contributed by atoms with van der Waals surface area (Å²) in [5.41, 5.74) is 7.22. The van der Waals surface area contributed by atoms with Gasteiger partial charge in [-0.25, -0.2) is 5.84 Å². The first-order valence-corrected chi connectivity index (χ1v) is 12.4. The standard InChI is InChI=1S/C19H32N2O3Si/c1-11-10-16(23-4)13(3)17-14(11)8-9-15(12(2)19(22)21-20)18(17)24-25(5,6)7/h10,12,15,18H,8-9,20H2,1-7H3,(H,21,22)/t12-,15-,18+/m0/s1. The maximum Gasteiger partial charge on any atom is 0.237 e. The Morgan fingerprint density at radius 2 is 2.00 bits per heavy atom. The van der Waals surface area contributed by atoms with Crippen molar-refractivity contribution in [2.75, 3.05) is 7.11 Å². The van der Waals surface area contributed by atoms with Gasteiger partial charge in [0.25, 0.3) is 0 Å². The summed E-state index contributed by atoms with van der Waals surface area (Å²) in [7, 11) is -0.116. The molecule has 25 heavy (non-hydrogen) atoms. The number of methoxy groups -OCH3 is 1. The zero-order valence-electron chi connectivity index (χ0n) is 16.5. The van der Waals surface area contributed by atoms with Crippen molar-refractivity contribution in [3.8, 4) is 5.75 Å². The van der Waals surface area contributed by atoms with E-state index >= 15 is 0 Å². The molecule has 1 aromatic carbocycles. The number of hydrogen-bond acceptors (Lipinski definition) is 4. The van der Waals surface area contributed by atoms with Crippen LogP contribution in [0.5, 0.6) is 5.75 Å². The van der Waals surface area contributed by atoms with Crippen molar-refractivity contribution in [2.45, 2.75) is 59.4 Å². The third kappa shape index (κ3) is 4.07. The fourth-order valence-corrected chi connectivity index (χ4v) is 4.99. The van der Waals surface area contributed by atoms with Gasteiger partial charge in [-0.2, -0.15) is 0 Å². The van der Waals surface area contributed by atoms with Gasteiger partial charge in [0, 0.05) is 5.92 Å². The van der Waals surface area contributed by atoms with Crippen LogP contribution in [0.15, 0.2) is 6.07 Å². The zero-order chi connectivity index (χ0) is 18.9. The molecule has 0 radical (unpaired) electrons.